The molecular formula is C16H19ClN2O4S. The molecule has 0 amide bonds. The molecular weight excluding hydrogens is 352 g/mol. The highest BCUT2D eigenvalue weighted by Gasteiger charge is 2.26. The van der Waals surface area contributed by atoms with Crippen LogP contribution in [0.15, 0.2) is 65.6 Å². The normalized spacial score (nSPS) is 11.9. The topological polar surface area (TPSA) is 84.5 Å². The van der Waals surface area contributed by atoms with Gasteiger partial charge >= 0.3 is 5.97 Å². The van der Waals surface area contributed by atoms with Gasteiger partial charge in [0.2, 0.25) is 10.0 Å². The van der Waals surface area contributed by atoms with Crippen molar-refractivity contribution >= 4 is 34.1 Å². The molecule has 0 aliphatic heterocycles. The van der Waals surface area contributed by atoms with Crippen molar-refractivity contribution in [3.05, 3.63) is 60.7 Å². The first-order chi connectivity index (χ1) is 11.0. The maximum absolute atomic E-state index is 12.3. The number of anilines is 1. The Balaban J connectivity index is 0.00000288. The fourth-order valence-electron chi connectivity index (χ4n) is 1.95. The molecule has 0 saturated carbocycles. The van der Waals surface area contributed by atoms with E-state index in [1.54, 1.807) is 18.2 Å². The van der Waals surface area contributed by atoms with Gasteiger partial charge in [0.15, 0.2) is 0 Å². The minimum absolute atomic E-state index is 0. The number of ether oxygens (including phenoxy) is 1. The summed E-state index contributed by atoms with van der Waals surface area (Å²) >= 11 is 0. The van der Waals surface area contributed by atoms with E-state index >= 15 is 0 Å². The molecule has 2 aromatic carbocycles. The zero-order valence-electron chi connectivity index (χ0n) is 13.0. The third-order valence-electron chi connectivity index (χ3n) is 3.12. The number of methoxy groups -OCH3 is 1. The second kappa shape index (κ2) is 9.27. The maximum atomic E-state index is 12.3. The molecule has 0 spiro atoms. The molecule has 0 aliphatic carbocycles. The van der Waals surface area contributed by atoms with Gasteiger partial charge in [0, 0.05) is 12.2 Å². The molecule has 2 rings (SSSR count). The highest BCUT2D eigenvalue weighted by Crippen LogP contribution is 2.10. The van der Waals surface area contributed by atoms with Crippen LogP contribution in [0.5, 0.6) is 0 Å². The number of carbonyl (C=O) groups excluding carboxylic acids is 1. The van der Waals surface area contributed by atoms with E-state index < -0.39 is 22.0 Å². The summed E-state index contributed by atoms with van der Waals surface area (Å²) in [7, 11) is -2.59. The van der Waals surface area contributed by atoms with Gasteiger partial charge in [-0.1, -0.05) is 36.4 Å². The summed E-state index contributed by atoms with van der Waals surface area (Å²) in [4.78, 5) is 11.9. The summed E-state index contributed by atoms with van der Waals surface area (Å²) in [6, 6.07) is 16.0. The van der Waals surface area contributed by atoms with Crippen molar-refractivity contribution in [3.8, 4) is 0 Å². The lowest BCUT2D eigenvalue weighted by atomic mass is 10.3. The molecule has 8 heteroatoms. The van der Waals surface area contributed by atoms with Gasteiger partial charge in [-0.2, -0.15) is 4.72 Å². The van der Waals surface area contributed by atoms with Crippen LogP contribution in [0.25, 0.3) is 0 Å². The van der Waals surface area contributed by atoms with Crippen LogP contribution in [0.1, 0.15) is 0 Å². The van der Waals surface area contributed by atoms with Crippen molar-refractivity contribution in [1.82, 2.24) is 4.72 Å². The largest absolute Gasteiger partial charge is 0.468 e. The van der Waals surface area contributed by atoms with Crippen molar-refractivity contribution in [2.24, 2.45) is 0 Å². The predicted molar refractivity (Wildman–Crippen MR) is 94.7 cm³/mol. The van der Waals surface area contributed by atoms with Gasteiger partial charge in [-0.25, -0.2) is 8.42 Å². The summed E-state index contributed by atoms with van der Waals surface area (Å²) in [5.41, 5.74) is 0.778. The summed E-state index contributed by atoms with van der Waals surface area (Å²) in [5, 5.41) is 3.01. The second-order valence-corrected chi connectivity index (χ2v) is 6.47. The molecule has 2 N–H and O–H groups in total. The quantitative estimate of drug-likeness (QED) is 0.728. The van der Waals surface area contributed by atoms with Crippen molar-refractivity contribution in [1.29, 1.82) is 0 Å². The van der Waals surface area contributed by atoms with Crippen molar-refractivity contribution in [2.45, 2.75) is 10.9 Å². The number of halogens is 1. The highest BCUT2D eigenvalue weighted by molar-refractivity contribution is 7.89. The first-order valence-electron chi connectivity index (χ1n) is 6.97. The molecule has 24 heavy (non-hydrogen) atoms. The monoisotopic (exact) mass is 370 g/mol. The zero-order chi connectivity index (χ0) is 16.7. The fraction of sp³-hybridized carbons (Fsp3) is 0.188. The molecule has 0 fully saturated rings. The third kappa shape index (κ3) is 5.52. The van der Waals surface area contributed by atoms with Crippen LogP contribution in [-0.4, -0.2) is 34.1 Å². The van der Waals surface area contributed by atoms with E-state index in [0.29, 0.717) is 0 Å². The van der Waals surface area contributed by atoms with Crippen molar-refractivity contribution in [3.63, 3.8) is 0 Å². The number of carbonyl (C=O) groups is 1. The van der Waals surface area contributed by atoms with E-state index in [1.165, 1.54) is 19.2 Å². The zero-order valence-corrected chi connectivity index (χ0v) is 14.6. The summed E-state index contributed by atoms with van der Waals surface area (Å²) in [6.07, 6.45) is 0. The molecule has 6 nitrogen and oxygen atoms in total. The van der Waals surface area contributed by atoms with Gasteiger partial charge in [-0.3, -0.25) is 4.79 Å². The fourth-order valence-corrected chi connectivity index (χ4v) is 3.15. The first-order valence-corrected chi connectivity index (χ1v) is 8.45. The summed E-state index contributed by atoms with van der Waals surface area (Å²) < 4.78 is 31.7. The molecule has 0 heterocycles. The van der Waals surface area contributed by atoms with Gasteiger partial charge in [-0.15, -0.1) is 12.4 Å². The molecule has 0 aromatic heterocycles. The van der Waals surface area contributed by atoms with E-state index in [-0.39, 0.29) is 23.8 Å². The predicted octanol–water partition coefficient (Wildman–Crippen LogP) is 2.04. The molecule has 0 aliphatic rings. The van der Waals surface area contributed by atoms with Gasteiger partial charge in [-0.05, 0) is 24.3 Å². The molecule has 0 bridgehead atoms. The first kappa shape index (κ1) is 20.0. The van der Waals surface area contributed by atoms with E-state index in [9.17, 15) is 13.2 Å². The Morgan fingerprint density at radius 2 is 1.58 bits per heavy atom. The van der Waals surface area contributed by atoms with Gasteiger partial charge in [0.1, 0.15) is 6.04 Å². The Labute approximate surface area is 147 Å². The Bertz CT molecular complexity index is 739. The number of nitrogens with one attached hydrogen (secondary N) is 2. The van der Waals surface area contributed by atoms with Crippen LogP contribution in [0.4, 0.5) is 5.69 Å². The van der Waals surface area contributed by atoms with Gasteiger partial charge in [0.05, 0.1) is 12.0 Å². The Kier molecular flexibility index (Phi) is 7.70. The molecule has 2 aromatic rings. The van der Waals surface area contributed by atoms with E-state index in [0.717, 1.165) is 5.69 Å². The Hall–Kier alpha value is -2.09. The van der Waals surface area contributed by atoms with Crippen LogP contribution >= 0.6 is 12.4 Å². The summed E-state index contributed by atoms with van der Waals surface area (Å²) in [6.45, 7) is 0.0722. The number of para-hydroxylation sites is 1. The van der Waals surface area contributed by atoms with Crippen molar-refractivity contribution in [2.75, 3.05) is 19.0 Å². The Morgan fingerprint density at radius 1 is 1.04 bits per heavy atom. The van der Waals surface area contributed by atoms with Crippen molar-refractivity contribution < 1.29 is 17.9 Å². The molecule has 0 radical (unpaired) electrons. The Morgan fingerprint density at radius 3 is 2.12 bits per heavy atom. The van der Waals surface area contributed by atoms with E-state index in [4.69, 9.17) is 0 Å². The maximum Gasteiger partial charge on any atom is 0.325 e. The van der Waals surface area contributed by atoms with Gasteiger partial charge in [0.25, 0.3) is 0 Å². The highest BCUT2D eigenvalue weighted by atomic mass is 35.5. The molecule has 0 saturated heterocycles. The van der Waals surface area contributed by atoms with E-state index in [1.807, 2.05) is 30.3 Å². The van der Waals surface area contributed by atoms with Crippen LogP contribution < -0.4 is 10.0 Å². The lowest BCUT2D eigenvalue weighted by Crippen LogP contribution is -2.45. The molecule has 130 valence electrons. The van der Waals surface area contributed by atoms with E-state index in [2.05, 4.69) is 14.8 Å². The number of esters is 1. The van der Waals surface area contributed by atoms with Crippen LogP contribution in [0.2, 0.25) is 0 Å². The van der Waals surface area contributed by atoms with Crippen LogP contribution in [0.3, 0.4) is 0 Å². The average Bonchev–Trinajstić information content (AvgIpc) is 2.59. The minimum atomic E-state index is -3.81. The number of rotatable bonds is 7. The van der Waals surface area contributed by atoms with Crippen LogP contribution in [-0.2, 0) is 19.6 Å². The van der Waals surface area contributed by atoms with Crippen LogP contribution in [0, 0.1) is 0 Å². The lowest BCUT2D eigenvalue weighted by molar-refractivity contribution is -0.142. The molecule has 1 atom stereocenters. The SMILES string of the molecule is COC(=O)C(CNc1ccccc1)NS(=O)(=O)c1ccccc1.Cl. The minimum Gasteiger partial charge on any atom is -0.468 e. The number of benzene rings is 2. The number of hydrogen-bond donors (Lipinski definition) is 2. The molecule has 1 unspecified atom stereocenters. The average molecular weight is 371 g/mol. The number of sulfonamides is 1. The summed E-state index contributed by atoms with van der Waals surface area (Å²) in [5.74, 6) is -0.659. The lowest BCUT2D eigenvalue weighted by Gasteiger charge is -2.18. The second-order valence-electron chi connectivity index (χ2n) is 4.76. The smallest absolute Gasteiger partial charge is 0.325 e. The van der Waals surface area contributed by atoms with Gasteiger partial charge < -0.3 is 10.1 Å². The standard InChI is InChI=1S/C16H18N2O4S.ClH/c1-22-16(19)15(12-17-13-8-4-2-5-9-13)18-23(20,21)14-10-6-3-7-11-14;/h2-11,15,17-18H,12H2,1H3;1H. The third-order valence-corrected chi connectivity index (χ3v) is 4.61. The number of hydrogen-bond acceptors (Lipinski definition) is 5.